The molecule has 11 heavy (non-hydrogen) atoms. The van der Waals surface area contributed by atoms with Gasteiger partial charge < -0.3 is 4.74 Å². The van der Waals surface area contributed by atoms with Crippen LogP contribution in [0.15, 0.2) is 4.99 Å². The first kappa shape index (κ1) is 8.98. The molecule has 4 heteroatoms. The first-order valence-electron chi connectivity index (χ1n) is 3.17. The van der Waals surface area contributed by atoms with Crippen molar-refractivity contribution >= 4 is 27.9 Å². The second kappa shape index (κ2) is 4.70. The van der Waals surface area contributed by atoms with Crippen LogP contribution >= 0.6 is 23.5 Å². The van der Waals surface area contributed by atoms with Gasteiger partial charge in [-0.3, -0.25) is 4.99 Å². The van der Waals surface area contributed by atoms with Crippen LogP contribution in [0.1, 0.15) is 0 Å². The summed E-state index contributed by atoms with van der Waals surface area (Å²) in [5.41, 5.74) is 0.204. The van der Waals surface area contributed by atoms with Crippen molar-refractivity contribution < 1.29 is 4.74 Å². The van der Waals surface area contributed by atoms with Crippen LogP contribution in [0.2, 0.25) is 0 Å². The topological polar surface area (TPSA) is 21.6 Å². The molecular formula is C7H9NOS2. The predicted molar refractivity (Wildman–Crippen MR) is 52.0 cm³/mol. The molecule has 0 radical (unpaired) electrons. The quantitative estimate of drug-likeness (QED) is 0.610. The maximum Gasteiger partial charge on any atom is 0.128 e. The summed E-state index contributed by atoms with van der Waals surface area (Å²) in [6, 6.07) is 0. The summed E-state index contributed by atoms with van der Waals surface area (Å²) in [5.74, 6) is 3.25. The second-order valence-corrected chi connectivity index (χ2v) is 4.25. The number of thioether (sulfide) groups is 2. The van der Waals surface area contributed by atoms with E-state index in [2.05, 4.69) is 10.9 Å². The van der Waals surface area contributed by atoms with Gasteiger partial charge in [0.05, 0.1) is 12.3 Å². The number of hydrogen-bond donors (Lipinski definition) is 0. The fraction of sp³-hybridized carbons (Fsp3) is 0.571. The number of aliphatic imine (C=N–C) groups is 1. The smallest absolute Gasteiger partial charge is 0.128 e. The molecule has 0 spiro atoms. The van der Waals surface area contributed by atoms with E-state index in [1.54, 1.807) is 30.6 Å². The highest BCUT2D eigenvalue weighted by atomic mass is 32.2. The van der Waals surface area contributed by atoms with Crippen LogP contribution in [0.4, 0.5) is 0 Å². The van der Waals surface area contributed by atoms with E-state index in [1.165, 1.54) is 0 Å². The summed E-state index contributed by atoms with van der Waals surface area (Å²) in [7, 11) is 1.70. The van der Waals surface area contributed by atoms with Crippen molar-refractivity contribution in [3.8, 4) is 12.3 Å². The Balaban J connectivity index is 2.24. The summed E-state index contributed by atoms with van der Waals surface area (Å²) < 4.78 is 6.16. The minimum atomic E-state index is 0.204. The normalized spacial score (nSPS) is 22.9. The molecule has 0 saturated heterocycles. The van der Waals surface area contributed by atoms with E-state index in [-0.39, 0.29) is 5.44 Å². The Bertz CT molecular complexity index is 197. The van der Waals surface area contributed by atoms with Gasteiger partial charge in [-0.25, -0.2) is 0 Å². The van der Waals surface area contributed by atoms with Gasteiger partial charge in [-0.1, -0.05) is 29.4 Å². The average molecular weight is 187 g/mol. The van der Waals surface area contributed by atoms with Gasteiger partial charge in [-0.15, -0.1) is 6.42 Å². The maximum absolute atomic E-state index is 5.11. The largest absolute Gasteiger partial charge is 0.368 e. The van der Waals surface area contributed by atoms with Crippen LogP contribution in [-0.2, 0) is 4.74 Å². The molecule has 0 N–H and O–H groups in total. The highest BCUT2D eigenvalue weighted by Gasteiger charge is 2.18. The summed E-state index contributed by atoms with van der Waals surface area (Å²) in [5, 5.41) is 0. The Kier molecular flexibility index (Phi) is 3.84. The molecule has 0 fully saturated rings. The Morgan fingerprint density at radius 2 is 2.82 bits per heavy atom. The SMILES string of the molecule is C#CCSC1=NCC(OC)S1. The Morgan fingerprint density at radius 3 is 3.36 bits per heavy atom. The fourth-order valence-electron chi connectivity index (χ4n) is 0.642. The van der Waals surface area contributed by atoms with Gasteiger partial charge in [0.15, 0.2) is 0 Å². The van der Waals surface area contributed by atoms with Crippen LogP contribution in [0.3, 0.4) is 0 Å². The summed E-state index contributed by atoms with van der Waals surface area (Å²) in [4.78, 5) is 4.25. The number of hydrogen-bond acceptors (Lipinski definition) is 4. The Morgan fingerprint density at radius 1 is 2.00 bits per heavy atom. The standard InChI is InChI=1S/C7H9NOS2/c1-3-4-10-7-8-5-6(9-2)11-7/h1,6H,4-5H2,2H3. The Hall–Kier alpha value is -0.110. The number of terminal acetylenes is 1. The fourth-order valence-corrected chi connectivity index (χ4v) is 2.40. The van der Waals surface area contributed by atoms with Crippen molar-refractivity contribution in [2.75, 3.05) is 19.4 Å². The molecule has 60 valence electrons. The van der Waals surface area contributed by atoms with Crippen molar-refractivity contribution in [2.45, 2.75) is 5.44 Å². The van der Waals surface area contributed by atoms with E-state index in [9.17, 15) is 0 Å². The molecule has 1 aliphatic heterocycles. The molecule has 0 bridgehead atoms. The molecule has 1 unspecified atom stereocenters. The maximum atomic E-state index is 5.11. The van der Waals surface area contributed by atoms with Gasteiger partial charge in [0.25, 0.3) is 0 Å². The van der Waals surface area contributed by atoms with Crippen LogP contribution < -0.4 is 0 Å². The number of methoxy groups -OCH3 is 1. The van der Waals surface area contributed by atoms with Crippen LogP contribution in [0.25, 0.3) is 0 Å². The molecule has 1 atom stereocenters. The number of rotatable bonds is 2. The van der Waals surface area contributed by atoms with Crippen molar-refractivity contribution in [1.82, 2.24) is 0 Å². The van der Waals surface area contributed by atoms with Gasteiger partial charge in [-0.05, 0) is 0 Å². The second-order valence-electron chi connectivity index (χ2n) is 1.88. The van der Waals surface area contributed by atoms with Crippen LogP contribution in [-0.4, -0.2) is 29.2 Å². The first-order valence-corrected chi connectivity index (χ1v) is 5.03. The number of nitrogens with zero attached hydrogens (tertiary/aromatic N) is 1. The summed E-state index contributed by atoms with van der Waals surface area (Å²) in [6.45, 7) is 0.758. The van der Waals surface area contributed by atoms with E-state index in [4.69, 9.17) is 11.2 Å². The van der Waals surface area contributed by atoms with Gasteiger partial charge in [-0.2, -0.15) is 0 Å². The molecule has 0 aromatic rings. The highest BCUT2D eigenvalue weighted by Crippen LogP contribution is 2.27. The third-order valence-electron chi connectivity index (χ3n) is 1.14. The van der Waals surface area contributed by atoms with Crippen molar-refractivity contribution in [1.29, 1.82) is 0 Å². The zero-order valence-corrected chi connectivity index (χ0v) is 7.87. The molecule has 1 rings (SSSR count). The van der Waals surface area contributed by atoms with Gasteiger partial charge in [0.2, 0.25) is 0 Å². The van der Waals surface area contributed by atoms with E-state index in [0.717, 1.165) is 10.9 Å². The first-order chi connectivity index (χ1) is 5.36. The molecule has 0 aliphatic carbocycles. The molecule has 2 nitrogen and oxygen atoms in total. The molecular weight excluding hydrogens is 178 g/mol. The lowest BCUT2D eigenvalue weighted by molar-refractivity contribution is 0.182. The molecule has 0 amide bonds. The highest BCUT2D eigenvalue weighted by molar-refractivity contribution is 8.39. The van der Waals surface area contributed by atoms with Crippen molar-refractivity contribution in [3.63, 3.8) is 0 Å². The lowest BCUT2D eigenvalue weighted by Crippen LogP contribution is -2.04. The van der Waals surface area contributed by atoms with E-state index in [1.807, 2.05) is 0 Å². The average Bonchev–Trinajstić information content (AvgIpc) is 2.48. The van der Waals surface area contributed by atoms with Crippen molar-refractivity contribution in [3.05, 3.63) is 0 Å². The minimum absolute atomic E-state index is 0.204. The molecule has 1 aliphatic rings. The van der Waals surface area contributed by atoms with Gasteiger partial charge in [0.1, 0.15) is 9.81 Å². The Labute approximate surface area is 75.2 Å². The minimum Gasteiger partial charge on any atom is -0.368 e. The summed E-state index contributed by atoms with van der Waals surface area (Å²) in [6.07, 6.45) is 5.11. The molecule has 1 heterocycles. The van der Waals surface area contributed by atoms with E-state index < -0.39 is 0 Å². The lowest BCUT2D eigenvalue weighted by Gasteiger charge is -2.02. The van der Waals surface area contributed by atoms with E-state index in [0.29, 0.717) is 5.75 Å². The zero-order valence-electron chi connectivity index (χ0n) is 6.24. The third-order valence-corrected chi connectivity index (χ3v) is 3.41. The third kappa shape index (κ3) is 2.78. The van der Waals surface area contributed by atoms with Crippen molar-refractivity contribution in [2.24, 2.45) is 4.99 Å². The number of ether oxygens (including phenoxy) is 1. The monoisotopic (exact) mass is 187 g/mol. The van der Waals surface area contributed by atoms with Gasteiger partial charge in [0, 0.05) is 7.11 Å². The predicted octanol–water partition coefficient (Wildman–Crippen LogP) is 1.43. The van der Waals surface area contributed by atoms with E-state index >= 15 is 0 Å². The van der Waals surface area contributed by atoms with Gasteiger partial charge >= 0.3 is 0 Å². The molecule has 0 aromatic heterocycles. The van der Waals surface area contributed by atoms with Crippen LogP contribution in [0, 0.1) is 12.3 Å². The molecule has 0 saturated carbocycles. The summed E-state index contributed by atoms with van der Waals surface area (Å²) >= 11 is 3.25. The molecule has 0 aromatic carbocycles. The van der Waals surface area contributed by atoms with Crippen LogP contribution in [0.5, 0.6) is 0 Å². The lowest BCUT2D eigenvalue weighted by atomic mass is 10.7. The zero-order chi connectivity index (χ0) is 8.10.